The smallest absolute Gasteiger partial charge is 0.139 e. The van der Waals surface area contributed by atoms with Crippen LogP contribution in [0.2, 0.25) is 0 Å². The third kappa shape index (κ3) is 2.38. The van der Waals surface area contributed by atoms with Crippen molar-refractivity contribution in [2.24, 2.45) is 0 Å². The van der Waals surface area contributed by atoms with Gasteiger partial charge in [0.05, 0.1) is 23.6 Å². The van der Waals surface area contributed by atoms with Gasteiger partial charge in [0.25, 0.3) is 0 Å². The van der Waals surface area contributed by atoms with Crippen LogP contribution in [0.3, 0.4) is 0 Å². The van der Waals surface area contributed by atoms with Crippen LogP contribution in [0.1, 0.15) is 30.0 Å². The second kappa shape index (κ2) is 4.45. The maximum absolute atomic E-state index is 5.59. The van der Waals surface area contributed by atoms with Gasteiger partial charge in [0.2, 0.25) is 0 Å². The van der Waals surface area contributed by atoms with Crippen LogP contribution >= 0.6 is 0 Å². The van der Waals surface area contributed by atoms with Gasteiger partial charge in [-0.15, -0.1) is 0 Å². The number of aromatic nitrogens is 2. The van der Waals surface area contributed by atoms with Crippen LogP contribution in [0.25, 0.3) is 0 Å². The molecule has 0 saturated heterocycles. The van der Waals surface area contributed by atoms with Crippen molar-refractivity contribution in [3.63, 3.8) is 0 Å². The summed E-state index contributed by atoms with van der Waals surface area (Å²) in [5.74, 6) is 1.62. The summed E-state index contributed by atoms with van der Waals surface area (Å²) in [6.45, 7) is 5.88. The van der Waals surface area contributed by atoms with E-state index in [1.165, 1.54) is 0 Å². The fourth-order valence-corrected chi connectivity index (χ4v) is 1.89. The first kappa shape index (κ1) is 11.4. The standard InChI is InChI=1S/C12H16N4O/c1-7(12-8(2)16-17-9(12)3)15-11-5-4-10(13)6-14-11/h4-7H,13H2,1-3H3,(H,14,15). The SMILES string of the molecule is Cc1noc(C)c1C(C)Nc1ccc(N)cn1. The number of nitrogens with zero attached hydrogens (tertiary/aromatic N) is 2. The molecule has 0 aliphatic rings. The Balaban J connectivity index is 2.17. The first-order valence-corrected chi connectivity index (χ1v) is 5.48. The summed E-state index contributed by atoms with van der Waals surface area (Å²) in [7, 11) is 0. The van der Waals surface area contributed by atoms with E-state index in [-0.39, 0.29) is 6.04 Å². The second-order valence-corrected chi connectivity index (χ2v) is 4.08. The lowest BCUT2D eigenvalue weighted by molar-refractivity contribution is 0.392. The average Bonchev–Trinajstić information content (AvgIpc) is 2.62. The quantitative estimate of drug-likeness (QED) is 0.849. The molecule has 5 heteroatoms. The molecular weight excluding hydrogens is 216 g/mol. The van der Waals surface area contributed by atoms with E-state index in [4.69, 9.17) is 10.3 Å². The van der Waals surface area contributed by atoms with Gasteiger partial charge in [0, 0.05) is 5.56 Å². The molecule has 0 spiro atoms. The lowest BCUT2D eigenvalue weighted by atomic mass is 10.1. The summed E-state index contributed by atoms with van der Waals surface area (Å²) in [5.41, 5.74) is 8.21. The van der Waals surface area contributed by atoms with E-state index in [1.54, 1.807) is 6.20 Å². The third-order valence-electron chi connectivity index (χ3n) is 2.67. The molecule has 3 N–H and O–H groups in total. The van der Waals surface area contributed by atoms with Crippen molar-refractivity contribution in [2.75, 3.05) is 11.1 Å². The number of aryl methyl sites for hydroxylation is 2. The van der Waals surface area contributed by atoms with Crippen LogP contribution in [0.15, 0.2) is 22.9 Å². The Morgan fingerprint density at radius 3 is 2.65 bits per heavy atom. The zero-order chi connectivity index (χ0) is 12.4. The van der Waals surface area contributed by atoms with Gasteiger partial charge >= 0.3 is 0 Å². The topological polar surface area (TPSA) is 77.0 Å². The van der Waals surface area contributed by atoms with Gasteiger partial charge in [-0.05, 0) is 32.9 Å². The summed E-state index contributed by atoms with van der Waals surface area (Å²) in [4.78, 5) is 4.20. The normalized spacial score (nSPS) is 12.4. The van der Waals surface area contributed by atoms with Gasteiger partial charge in [0.1, 0.15) is 11.6 Å². The minimum Gasteiger partial charge on any atom is -0.397 e. The third-order valence-corrected chi connectivity index (χ3v) is 2.67. The summed E-state index contributed by atoms with van der Waals surface area (Å²) < 4.78 is 5.14. The average molecular weight is 232 g/mol. The lowest BCUT2D eigenvalue weighted by Gasteiger charge is -2.14. The van der Waals surface area contributed by atoms with E-state index in [2.05, 4.69) is 15.5 Å². The number of nitrogen functional groups attached to an aromatic ring is 1. The molecule has 1 unspecified atom stereocenters. The molecule has 0 radical (unpaired) electrons. The minimum atomic E-state index is 0.0948. The van der Waals surface area contributed by atoms with Gasteiger partial charge in [-0.25, -0.2) is 4.98 Å². The number of hydrogen-bond donors (Lipinski definition) is 2. The van der Waals surface area contributed by atoms with E-state index in [0.29, 0.717) is 5.69 Å². The molecule has 1 atom stereocenters. The van der Waals surface area contributed by atoms with Crippen molar-refractivity contribution >= 4 is 11.5 Å². The molecule has 17 heavy (non-hydrogen) atoms. The molecule has 0 fully saturated rings. The van der Waals surface area contributed by atoms with Crippen LogP contribution in [-0.4, -0.2) is 10.1 Å². The largest absolute Gasteiger partial charge is 0.397 e. The Hall–Kier alpha value is -2.04. The van der Waals surface area contributed by atoms with Crippen molar-refractivity contribution in [1.82, 2.24) is 10.1 Å². The van der Waals surface area contributed by atoms with Crippen molar-refractivity contribution in [3.8, 4) is 0 Å². The monoisotopic (exact) mass is 232 g/mol. The number of nitrogens with one attached hydrogen (secondary N) is 1. The van der Waals surface area contributed by atoms with Crippen LogP contribution in [0.5, 0.6) is 0 Å². The number of rotatable bonds is 3. The lowest BCUT2D eigenvalue weighted by Crippen LogP contribution is -2.09. The Bertz CT molecular complexity index is 484. The van der Waals surface area contributed by atoms with Crippen molar-refractivity contribution in [3.05, 3.63) is 35.3 Å². The number of pyridine rings is 1. The zero-order valence-electron chi connectivity index (χ0n) is 10.2. The highest BCUT2D eigenvalue weighted by Crippen LogP contribution is 2.24. The number of anilines is 2. The van der Waals surface area contributed by atoms with E-state index in [1.807, 2.05) is 32.9 Å². The van der Waals surface area contributed by atoms with Crippen molar-refractivity contribution in [2.45, 2.75) is 26.8 Å². The highest BCUT2D eigenvalue weighted by atomic mass is 16.5. The highest BCUT2D eigenvalue weighted by molar-refractivity contribution is 5.45. The van der Waals surface area contributed by atoms with E-state index in [9.17, 15) is 0 Å². The van der Waals surface area contributed by atoms with E-state index >= 15 is 0 Å². The molecule has 2 rings (SSSR count). The predicted octanol–water partition coefficient (Wildman–Crippen LogP) is 2.44. The molecule has 2 aromatic heterocycles. The van der Waals surface area contributed by atoms with Gasteiger partial charge in [-0.1, -0.05) is 5.16 Å². The van der Waals surface area contributed by atoms with E-state index in [0.717, 1.165) is 22.8 Å². The van der Waals surface area contributed by atoms with Gasteiger partial charge in [-0.3, -0.25) is 0 Å². The van der Waals surface area contributed by atoms with Crippen LogP contribution in [0.4, 0.5) is 11.5 Å². The summed E-state index contributed by atoms with van der Waals surface area (Å²) in [5, 5.41) is 7.22. The Morgan fingerprint density at radius 2 is 2.12 bits per heavy atom. The molecule has 5 nitrogen and oxygen atoms in total. The Labute approximate surface area is 100 Å². The van der Waals surface area contributed by atoms with Crippen LogP contribution in [-0.2, 0) is 0 Å². The molecule has 0 aromatic carbocycles. The minimum absolute atomic E-state index is 0.0948. The van der Waals surface area contributed by atoms with Crippen molar-refractivity contribution < 1.29 is 4.52 Å². The molecule has 90 valence electrons. The fraction of sp³-hybridized carbons (Fsp3) is 0.333. The van der Waals surface area contributed by atoms with Gasteiger partial charge in [-0.2, -0.15) is 0 Å². The maximum Gasteiger partial charge on any atom is 0.139 e. The second-order valence-electron chi connectivity index (χ2n) is 4.08. The number of hydrogen-bond acceptors (Lipinski definition) is 5. The molecule has 0 saturated carbocycles. The Kier molecular flexibility index (Phi) is 2.99. The zero-order valence-corrected chi connectivity index (χ0v) is 10.2. The van der Waals surface area contributed by atoms with Gasteiger partial charge in [0.15, 0.2) is 0 Å². The summed E-state index contributed by atoms with van der Waals surface area (Å²) >= 11 is 0. The van der Waals surface area contributed by atoms with E-state index < -0.39 is 0 Å². The van der Waals surface area contributed by atoms with Crippen LogP contribution < -0.4 is 11.1 Å². The molecule has 0 bridgehead atoms. The fourth-order valence-electron chi connectivity index (χ4n) is 1.89. The first-order valence-electron chi connectivity index (χ1n) is 5.48. The Morgan fingerprint density at radius 1 is 1.35 bits per heavy atom. The predicted molar refractivity (Wildman–Crippen MR) is 66.7 cm³/mol. The summed E-state index contributed by atoms with van der Waals surface area (Å²) in [6.07, 6.45) is 1.63. The molecule has 2 aromatic rings. The molecule has 0 amide bonds. The molecule has 2 heterocycles. The van der Waals surface area contributed by atoms with Crippen molar-refractivity contribution in [1.29, 1.82) is 0 Å². The molecule has 0 aliphatic carbocycles. The molecular formula is C12H16N4O. The first-order chi connectivity index (χ1) is 8.08. The maximum atomic E-state index is 5.59. The number of nitrogens with two attached hydrogens (primary N) is 1. The van der Waals surface area contributed by atoms with Crippen LogP contribution in [0, 0.1) is 13.8 Å². The summed E-state index contributed by atoms with van der Waals surface area (Å²) in [6, 6.07) is 3.76. The molecule has 0 aliphatic heterocycles. The highest BCUT2D eigenvalue weighted by Gasteiger charge is 2.16. The van der Waals surface area contributed by atoms with Gasteiger partial charge < -0.3 is 15.6 Å².